The fourth-order valence-corrected chi connectivity index (χ4v) is 2.81. The molecule has 0 aromatic heterocycles. The molecule has 0 aromatic carbocycles. The van der Waals surface area contributed by atoms with E-state index in [1.54, 1.807) is 6.92 Å². The third-order valence-corrected chi connectivity index (χ3v) is 4.74. The molecule has 0 bridgehead atoms. The molecule has 1 saturated carbocycles. The number of amides is 1. The maximum atomic E-state index is 12.0. The van der Waals surface area contributed by atoms with Crippen LogP contribution in [0.2, 0.25) is 0 Å². The zero-order chi connectivity index (χ0) is 12.0. The number of hydrogen-bond acceptors (Lipinski definition) is 2. The Morgan fingerprint density at radius 1 is 1.56 bits per heavy atom. The summed E-state index contributed by atoms with van der Waals surface area (Å²) < 4.78 is 4.62. The lowest BCUT2D eigenvalue weighted by Gasteiger charge is -2.22. The van der Waals surface area contributed by atoms with Gasteiger partial charge in [0.15, 0.2) is 0 Å². The summed E-state index contributed by atoms with van der Waals surface area (Å²) >= 11 is 11.9. The minimum atomic E-state index is -0.895. The second kappa shape index (κ2) is 4.04. The zero-order valence-corrected chi connectivity index (χ0v) is 11.1. The summed E-state index contributed by atoms with van der Waals surface area (Å²) in [6.07, 6.45) is 2.72. The molecule has 1 saturated heterocycles. The van der Waals surface area contributed by atoms with Gasteiger partial charge in [-0.15, -0.1) is 23.2 Å². The van der Waals surface area contributed by atoms with E-state index < -0.39 is 9.75 Å². The predicted molar refractivity (Wildman–Crippen MR) is 63.7 cm³/mol. The fourth-order valence-electron chi connectivity index (χ4n) is 2.10. The first-order chi connectivity index (χ1) is 7.37. The van der Waals surface area contributed by atoms with Crippen LogP contribution in [0.25, 0.3) is 0 Å². The smallest absolute Gasteiger partial charge is 0.229 e. The van der Waals surface area contributed by atoms with Crippen LogP contribution >= 0.6 is 23.2 Å². The molecular weight excluding hydrogens is 249 g/mol. The van der Waals surface area contributed by atoms with Gasteiger partial charge in [-0.25, -0.2) is 0 Å². The quantitative estimate of drug-likeness (QED) is 0.796. The standard InChI is InChI=1S/C11H17Cl2NO2/c1-7(8-4-3-5-16-8)14-9(15)10(2)6-11(10,12)13/h7-8H,3-6H2,1-2H3,(H,14,15)/t7-,8+,10+/m1/s1. The molecule has 0 unspecified atom stereocenters. The van der Waals surface area contributed by atoms with Crippen LogP contribution in [0.15, 0.2) is 0 Å². The number of hydrogen-bond donors (Lipinski definition) is 1. The fraction of sp³-hybridized carbons (Fsp3) is 0.909. The maximum Gasteiger partial charge on any atom is 0.229 e. The van der Waals surface area contributed by atoms with Crippen molar-refractivity contribution in [2.75, 3.05) is 6.61 Å². The molecule has 92 valence electrons. The number of carbonyl (C=O) groups is 1. The first kappa shape index (κ1) is 12.5. The van der Waals surface area contributed by atoms with Gasteiger partial charge < -0.3 is 10.1 Å². The third-order valence-electron chi connectivity index (χ3n) is 3.64. The SMILES string of the molecule is C[C@@H](NC(=O)[C@]1(C)CC1(Cl)Cl)[C@@H]1CCCO1. The first-order valence-corrected chi connectivity index (χ1v) is 6.43. The summed E-state index contributed by atoms with van der Waals surface area (Å²) in [7, 11) is 0. The number of alkyl halides is 2. The van der Waals surface area contributed by atoms with E-state index in [0.29, 0.717) is 6.42 Å². The van der Waals surface area contributed by atoms with E-state index in [4.69, 9.17) is 27.9 Å². The van der Waals surface area contributed by atoms with Crippen molar-refractivity contribution in [2.45, 2.75) is 49.6 Å². The Kier molecular flexibility index (Phi) is 3.15. The van der Waals surface area contributed by atoms with Crippen LogP contribution in [0, 0.1) is 5.41 Å². The minimum Gasteiger partial charge on any atom is -0.376 e. The number of rotatable bonds is 3. The molecule has 0 aromatic rings. The molecule has 0 spiro atoms. The molecule has 3 nitrogen and oxygen atoms in total. The van der Waals surface area contributed by atoms with Crippen LogP contribution in [0.1, 0.15) is 33.1 Å². The highest BCUT2D eigenvalue weighted by molar-refractivity contribution is 6.53. The molecule has 5 heteroatoms. The molecule has 1 amide bonds. The molecular formula is C11H17Cl2NO2. The van der Waals surface area contributed by atoms with E-state index >= 15 is 0 Å². The van der Waals surface area contributed by atoms with Gasteiger partial charge in [0.05, 0.1) is 17.6 Å². The lowest BCUT2D eigenvalue weighted by atomic mass is 10.1. The number of nitrogens with one attached hydrogen (secondary N) is 1. The second-order valence-corrected chi connectivity index (χ2v) is 6.51. The summed E-state index contributed by atoms with van der Waals surface area (Å²) in [5.74, 6) is -0.0690. The summed E-state index contributed by atoms with van der Waals surface area (Å²) in [6, 6.07) is 0.0246. The van der Waals surface area contributed by atoms with Crippen LogP contribution in [0.3, 0.4) is 0 Å². The molecule has 1 heterocycles. The van der Waals surface area contributed by atoms with Crippen LogP contribution in [-0.4, -0.2) is 29.0 Å². The van der Waals surface area contributed by atoms with Crippen molar-refractivity contribution in [1.29, 1.82) is 0 Å². The van der Waals surface area contributed by atoms with E-state index in [9.17, 15) is 4.79 Å². The topological polar surface area (TPSA) is 38.3 Å². The summed E-state index contributed by atoms with van der Waals surface area (Å²) in [5.41, 5.74) is -0.636. The molecule has 2 rings (SSSR count). The molecule has 1 N–H and O–H groups in total. The minimum absolute atomic E-state index is 0.0246. The van der Waals surface area contributed by atoms with E-state index in [-0.39, 0.29) is 18.1 Å². The van der Waals surface area contributed by atoms with Crippen molar-refractivity contribution in [3.63, 3.8) is 0 Å². The largest absolute Gasteiger partial charge is 0.376 e. The first-order valence-electron chi connectivity index (χ1n) is 5.67. The van der Waals surface area contributed by atoms with Gasteiger partial charge in [-0.3, -0.25) is 4.79 Å². The third kappa shape index (κ3) is 2.05. The molecule has 16 heavy (non-hydrogen) atoms. The summed E-state index contributed by atoms with van der Waals surface area (Å²) in [4.78, 5) is 12.0. The molecule has 2 fully saturated rings. The van der Waals surface area contributed by atoms with Crippen LogP contribution < -0.4 is 5.32 Å². The van der Waals surface area contributed by atoms with E-state index in [0.717, 1.165) is 19.4 Å². The molecule has 1 aliphatic carbocycles. The molecule has 1 aliphatic heterocycles. The maximum absolute atomic E-state index is 12.0. The predicted octanol–water partition coefficient (Wildman–Crippen LogP) is 2.25. The van der Waals surface area contributed by atoms with Crippen molar-refractivity contribution >= 4 is 29.1 Å². The average Bonchev–Trinajstić information content (AvgIpc) is 2.63. The van der Waals surface area contributed by atoms with Crippen molar-refractivity contribution in [1.82, 2.24) is 5.32 Å². The second-order valence-electron chi connectivity index (χ2n) is 5.03. The van der Waals surface area contributed by atoms with E-state index in [1.165, 1.54) is 0 Å². The molecule has 3 atom stereocenters. The highest BCUT2D eigenvalue weighted by Gasteiger charge is 2.68. The normalized spacial score (nSPS) is 38.1. The summed E-state index contributed by atoms with van der Waals surface area (Å²) in [6.45, 7) is 4.55. The number of ether oxygens (including phenoxy) is 1. The van der Waals surface area contributed by atoms with Crippen LogP contribution in [0.5, 0.6) is 0 Å². The van der Waals surface area contributed by atoms with Gasteiger partial charge in [-0.1, -0.05) is 0 Å². The van der Waals surface area contributed by atoms with Gasteiger partial charge >= 0.3 is 0 Å². The Bertz CT molecular complexity index is 302. The van der Waals surface area contributed by atoms with Crippen LogP contribution in [0.4, 0.5) is 0 Å². The van der Waals surface area contributed by atoms with Crippen molar-refractivity contribution < 1.29 is 9.53 Å². The molecule has 2 aliphatic rings. The lowest BCUT2D eigenvalue weighted by Crippen LogP contribution is -2.44. The Morgan fingerprint density at radius 2 is 2.19 bits per heavy atom. The highest BCUT2D eigenvalue weighted by Crippen LogP contribution is 2.63. The van der Waals surface area contributed by atoms with E-state index in [2.05, 4.69) is 5.32 Å². The Hall–Kier alpha value is 0.01000. The van der Waals surface area contributed by atoms with Crippen molar-refractivity contribution in [2.24, 2.45) is 5.41 Å². The van der Waals surface area contributed by atoms with Gasteiger partial charge in [0.2, 0.25) is 5.91 Å². The van der Waals surface area contributed by atoms with Crippen molar-refractivity contribution in [3.05, 3.63) is 0 Å². The number of carbonyl (C=O) groups excluding carboxylic acids is 1. The average molecular weight is 266 g/mol. The highest BCUT2D eigenvalue weighted by atomic mass is 35.5. The van der Waals surface area contributed by atoms with Crippen LogP contribution in [-0.2, 0) is 9.53 Å². The zero-order valence-electron chi connectivity index (χ0n) is 9.56. The van der Waals surface area contributed by atoms with Crippen molar-refractivity contribution in [3.8, 4) is 0 Å². The van der Waals surface area contributed by atoms with Gasteiger partial charge in [-0.05, 0) is 33.1 Å². The molecule has 0 radical (unpaired) electrons. The van der Waals surface area contributed by atoms with E-state index in [1.807, 2.05) is 6.92 Å². The summed E-state index contributed by atoms with van der Waals surface area (Å²) in [5, 5.41) is 2.95. The van der Waals surface area contributed by atoms with Gasteiger partial charge in [-0.2, -0.15) is 0 Å². The Morgan fingerprint density at radius 3 is 2.62 bits per heavy atom. The van der Waals surface area contributed by atoms with Gasteiger partial charge in [0.1, 0.15) is 4.33 Å². The number of halogens is 2. The monoisotopic (exact) mass is 265 g/mol. The Balaban J connectivity index is 1.88. The Labute approximate surface area is 106 Å². The lowest BCUT2D eigenvalue weighted by molar-refractivity contribution is -0.127. The van der Waals surface area contributed by atoms with Gasteiger partial charge in [0.25, 0.3) is 0 Å². The van der Waals surface area contributed by atoms with Gasteiger partial charge in [0, 0.05) is 6.61 Å².